The number of allylic oxidation sites excluding steroid dienone is 1. The Labute approximate surface area is 243 Å². The summed E-state index contributed by atoms with van der Waals surface area (Å²) in [6.45, 7) is 4.11. The van der Waals surface area contributed by atoms with Crippen molar-refractivity contribution in [2.45, 2.75) is 69.6 Å². The summed E-state index contributed by atoms with van der Waals surface area (Å²) in [6.07, 6.45) is 8.28. The van der Waals surface area contributed by atoms with E-state index in [9.17, 15) is 24.6 Å². The summed E-state index contributed by atoms with van der Waals surface area (Å²) in [7, 11) is 1.46. The van der Waals surface area contributed by atoms with Gasteiger partial charge >= 0.3 is 0 Å². The predicted molar refractivity (Wildman–Crippen MR) is 156 cm³/mol. The molecule has 1 aromatic rings. The number of aldehydes is 1. The van der Waals surface area contributed by atoms with Gasteiger partial charge in [-0.3, -0.25) is 14.4 Å². The number of nitrogens with one attached hydrogen (secondary N) is 1. The number of hydrogen-bond donors (Lipinski definition) is 3. The molecule has 0 aliphatic heterocycles. The lowest BCUT2D eigenvalue weighted by molar-refractivity contribution is -0.139. The van der Waals surface area contributed by atoms with Crippen molar-refractivity contribution in [2.24, 2.45) is 5.92 Å². The van der Waals surface area contributed by atoms with Crippen molar-refractivity contribution in [3.05, 3.63) is 45.6 Å². The van der Waals surface area contributed by atoms with Crippen LogP contribution in [0, 0.1) is 9.49 Å². The topological polar surface area (TPSA) is 125 Å². The van der Waals surface area contributed by atoms with Gasteiger partial charge in [0.15, 0.2) is 11.5 Å². The van der Waals surface area contributed by atoms with Crippen LogP contribution in [-0.2, 0) is 9.59 Å². The molecule has 1 fully saturated rings. The van der Waals surface area contributed by atoms with Gasteiger partial charge in [0.25, 0.3) is 0 Å². The van der Waals surface area contributed by atoms with Crippen LogP contribution in [0.25, 0.3) is 0 Å². The van der Waals surface area contributed by atoms with E-state index >= 15 is 0 Å². The molecule has 10 heteroatoms. The first kappa shape index (κ1) is 31.1. The van der Waals surface area contributed by atoms with Gasteiger partial charge in [-0.1, -0.05) is 25.3 Å². The Bertz CT molecular complexity index is 1050. The molecule has 2 aliphatic carbocycles. The molecule has 3 N–H and O–H groups in total. The van der Waals surface area contributed by atoms with E-state index in [4.69, 9.17) is 9.47 Å². The number of rotatable bonds is 13. The zero-order valence-corrected chi connectivity index (χ0v) is 24.6. The molecule has 214 valence electrons. The van der Waals surface area contributed by atoms with Crippen LogP contribution in [0.3, 0.4) is 0 Å². The molecule has 1 aromatic carbocycles. The summed E-state index contributed by atoms with van der Waals surface area (Å²) in [5, 5.41) is 23.5. The van der Waals surface area contributed by atoms with E-state index in [-0.39, 0.29) is 37.8 Å². The molecule has 0 saturated heterocycles. The second-order valence-corrected chi connectivity index (χ2v) is 11.2. The van der Waals surface area contributed by atoms with E-state index in [2.05, 4.69) is 11.9 Å². The minimum Gasteiger partial charge on any atom is -0.493 e. The number of carbonyl (C=O) groups is 3. The van der Waals surface area contributed by atoms with Crippen LogP contribution in [0.5, 0.6) is 11.5 Å². The van der Waals surface area contributed by atoms with E-state index in [1.54, 1.807) is 29.2 Å². The highest BCUT2D eigenvalue weighted by Crippen LogP contribution is 2.37. The summed E-state index contributed by atoms with van der Waals surface area (Å²) in [5.74, 6) is 0.495. The SMILES string of the molecule is C=CCCC(=O)N(CC1CCCCC1)C1CC(C(=O)NCCO)=CC(Oc2c(I)cc(C=O)cc2OC)C1O. The number of aliphatic hydroxyl groups is 2. The molecule has 0 spiro atoms. The van der Waals surface area contributed by atoms with Gasteiger partial charge < -0.3 is 29.9 Å². The van der Waals surface area contributed by atoms with Crippen molar-refractivity contribution < 1.29 is 34.1 Å². The Kier molecular flexibility index (Phi) is 12.3. The van der Waals surface area contributed by atoms with Crippen LogP contribution >= 0.6 is 22.6 Å². The lowest BCUT2D eigenvalue weighted by Crippen LogP contribution is -2.56. The lowest BCUT2D eigenvalue weighted by atomic mass is 9.85. The third-order valence-corrected chi connectivity index (χ3v) is 8.12. The molecule has 2 amide bonds. The van der Waals surface area contributed by atoms with Crippen molar-refractivity contribution in [3.63, 3.8) is 0 Å². The van der Waals surface area contributed by atoms with Gasteiger partial charge in [0, 0.05) is 37.1 Å². The molecule has 0 heterocycles. The van der Waals surface area contributed by atoms with Crippen molar-refractivity contribution in [3.8, 4) is 11.5 Å². The van der Waals surface area contributed by atoms with Crippen molar-refractivity contribution >= 4 is 40.7 Å². The van der Waals surface area contributed by atoms with Crippen molar-refractivity contribution in [1.82, 2.24) is 10.2 Å². The average molecular weight is 655 g/mol. The highest BCUT2D eigenvalue weighted by molar-refractivity contribution is 14.1. The Morgan fingerprint density at radius 2 is 2.00 bits per heavy atom. The number of ether oxygens (including phenoxy) is 2. The Balaban J connectivity index is 1.99. The number of methoxy groups -OCH3 is 1. The number of amides is 2. The van der Waals surface area contributed by atoms with Gasteiger partial charge in [-0.05, 0) is 66.0 Å². The second-order valence-electron chi connectivity index (χ2n) is 10.0. The summed E-state index contributed by atoms with van der Waals surface area (Å²) >= 11 is 2.03. The van der Waals surface area contributed by atoms with E-state index in [1.165, 1.54) is 13.5 Å². The van der Waals surface area contributed by atoms with Crippen molar-refractivity contribution in [2.75, 3.05) is 26.8 Å². The molecular formula is C29H39IN2O7. The Morgan fingerprint density at radius 3 is 2.64 bits per heavy atom. The molecule has 2 aliphatic rings. The standard InChI is InChI=1S/C29H39IN2O7/c1-3-4-10-26(35)32(17-19-8-6-5-7-9-19)23-15-21(29(37)31-11-12-33)16-24(27(23)36)39-28-22(30)13-20(18-34)14-25(28)38-2/h3,13-14,16,18-19,23-24,27,33,36H,1,4-12,15,17H2,2H3,(H,31,37). The fourth-order valence-corrected chi connectivity index (χ4v) is 6.03. The normalized spacial score (nSPS) is 21.4. The lowest BCUT2D eigenvalue weighted by Gasteiger charge is -2.42. The van der Waals surface area contributed by atoms with Crippen LogP contribution in [-0.4, -0.2) is 78.3 Å². The highest BCUT2D eigenvalue weighted by atomic mass is 127. The third kappa shape index (κ3) is 8.28. The van der Waals surface area contributed by atoms with Gasteiger partial charge in [-0.25, -0.2) is 0 Å². The summed E-state index contributed by atoms with van der Waals surface area (Å²) in [4.78, 5) is 39.6. The van der Waals surface area contributed by atoms with Crippen LogP contribution < -0.4 is 14.8 Å². The second kappa shape index (κ2) is 15.4. The predicted octanol–water partition coefficient (Wildman–Crippen LogP) is 3.40. The fraction of sp³-hybridized carbons (Fsp3) is 0.552. The Hall–Kier alpha value is -2.44. The first-order chi connectivity index (χ1) is 18.8. The largest absolute Gasteiger partial charge is 0.493 e. The molecule has 0 radical (unpaired) electrons. The summed E-state index contributed by atoms with van der Waals surface area (Å²) < 4.78 is 12.3. The van der Waals surface area contributed by atoms with Gasteiger partial charge in [-0.15, -0.1) is 6.58 Å². The third-order valence-electron chi connectivity index (χ3n) is 7.32. The first-order valence-electron chi connectivity index (χ1n) is 13.5. The van der Waals surface area contributed by atoms with Crippen molar-refractivity contribution in [1.29, 1.82) is 0 Å². The smallest absolute Gasteiger partial charge is 0.247 e. The van der Waals surface area contributed by atoms with Crippen LogP contribution in [0.4, 0.5) is 0 Å². The molecule has 0 aromatic heterocycles. The molecule has 39 heavy (non-hydrogen) atoms. The highest BCUT2D eigenvalue weighted by Gasteiger charge is 2.41. The zero-order valence-electron chi connectivity index (χ0n) is 22.4. The number of halogens is 1. The summed E-state index contributed by atoms with van der Waals surface area (Å²) in [6, 6.07) is 2.50. The molecule has 3 atom stereocenters. The maximum absolute atomic E-state index is 13.5. The summed E-state index contributed by atoms with van der Waals surface area (Å²) in [5.41, 5.74) is 0.782. The number of aliphatic hydroxyl groups excluding tert-OH is 2. The minimum atomic E-state index is -1.12. The van der Waals surface area contributed by atoms with Crippen LogP contribution in [0.15, 0.2) is 36.4 Å². The van der Waals surface area contributed by atoms with Gasteiger partial charge in [0.1, 0.15) is 18.5 Å². The van der Waals surface area contributed by atoms with Gasteiger partial charge in [0.2, 0.25) is 11.8 Å². The fourth-order valence-electron chi connectivity index (χ4n) is 5.28. The monoisotopic (exact) mass is 654 g/mol. The molecule has 1 saturated carbocycles. The van der Waals surface area contributed by atoms with E-state index in [0.717, 1.165) is 25.7 Å². The zero-order chi connectivity index (χ0) is 28.4. The maximum Gasteiger partial charge on any atom is 0.247 e. The van der Waals surface area contributed by atoms with E-state index in [1.807, 2.05) is 22.6 Å². The maximum atomic E-state index is 13.5. The molecule has 3 unspecified atom stereocenters. The minimum absolute atomic E-state index is 0.0812. The number of hydrogen-bond acceptors (Lipinski definition) is 7. The molecule has 3 rings (SSSR count). The Morgan fingerprint density at radius 1 is 1.26 bits per heavy atom. The molecule has 9 nitrogen and oxygen atoms in total. The van der Waals surface area contributed by atoms with E-state index < -0.39 is 18.2 Å². The number of benzene rings is 1. The van der Waals surface area contributed by atoms with Crippen LogP contribution in [0.1, 0.15) is 61.7 Å². The average Bonchev–Trinajstić information content (AvgIpc) is 2.95. The van der Waals surface area contributed by atoms with Crippen LogP contribution in [0.2, 0.25) is 0 Å². The number of nitrogens with zero attached hydrogens (tertiary/aromatic N) is 1. The van der Waals surface area contributed by atoms with Gasteiger partial charge in [-0.2, -0.15) is 0 Å². The first-order valence-corrected chi connectivity index (χ1v) is 14.6. The molecular weight excluding hydrogens is 615 g/mol. The quantitative estimate of drug-likeness (QED) is 0.169. The molecule has 0 bridgehead atoms. The van der Waals surface area contributed by atoms with Gasteiger partial charge in [0.05, 0.1) is 23.3 Å². The number of carbonyl (C=O) groups excluding carboxylic acids is 3. The van der Waals surface area contributed by atoms with E-state index in [0.29, 0.717) is 51.4 Å².